The Balaban J connectivity index is 2.31. The zero-order valence-electron chi connectivity index (χ0n) is 12.2. The van der Waals surface area contributed by atoms with Gasteiger partial charge in [0, 0.05) is 13.0 Å². The molecule has 0 spiro atoms. The lowest BCUT2D eigenvalue weighted by Crippen LogP contribution is -2.27. The van der Waals surface area contributed by atoms with Crippen LogP contribution in [0.3, 0.4) is 0 Å². The van der Waals surface area contributed by atoms with Crippen molar-refractivity contribution in [3.05, 3.63) is 39.9 Å². The summed E-state index contributed by atoms with van der Waals surface area (Å²) in [5.74, 6) is -1.10. The van der Waals surface area contributed by atoms with E-state index in [1.54, 1.807) is 18.2 Å². The highest BCUT2D eigenvalue weighted by Gasteiger charge is 2.19. The lowest BCUT2D eigenvalue weighted by Gasteiger charge is -2.08. The number of para-hydroxylation sites is 1. The fourth-order valence-corrected chi connectivity index (χ4v) is 2.46. The number of aryl methyl sites for hydroxylation is 1. The number of hydrogen-bond acceptors (Lipinski definition) is 4. The zero-order valence-corrected chi connectivity index (χ0v) is 13.7. The standard InChI is InChI=1S/C14H14Cl2N4O3/c1-2-10-18-13(14(23)17-7-6-11(21)22)19-20(10)12-8(15)4-3-5-9(12)16/h3-5H,2,6-7H2,1H3,(H,17,23)(H,21,22). The third kappa shape index (κ3) is 4.00. The molecule has 0 saturated heterocycles. The molecule has 0 fully saturated rings. The molecule has 9 heteroatoms. The van der Waals surface area contributed by atoms with Crippen LogP contribution in [0, 0.1) is 0 Å². The van der Waals surface area contributed by atoms with Crippen LogP contribution in [0.2, 0.25) is 10.0 Å². The number of amides is 1. The Kier molecular flexibility index (Phi) is 5.57. The first-order chi connectivity index (χ1) is 10.9. The normalized spacial score (nSPS) is 10.6. The van der Waals surface area contributed by atoms with Crippen LogP contribution in [0.15, 0.2) is 18.2 Å². The molecular weight excluding hydrogens is 343 g/mol. The van der Waals surface area contributed by atoms with Gasteiger partial charge in [-0.3, -0.25) is 9.59 Å². The molecule has 2 rings (SSSR count). The predicted molar refractivity (Wildman–Crippen MR) is 85.3 cm³/mol. The molecule has 23 heavy (non-hydrogen) atoms. The maximum absolute atomic E-state index is 12.0. The number of halogens is 2. The summed E-state index contributed by atoms with van der Waals surface area (Å²) in [6.45, 7) is 1.86. The topological polar surface area (TPSA) is 97.1 Å². The molecule has 0 aliphatic rings. The summed E-state index contributed by atoms with van der Waals surface area (Å²) in [6.07, 6.45) is 0.334. The van der Waals surface area contributed by atoms with E-state index in [1.807, 2.05) is 6.92 Å². The molecule has 1 aromatic carbocycles. The van der Waals surface area contributed by atoms with Gasteiger partial charge in [-0.05, 0) is 12.1 Å². The molecule has 0 atom stereocenters. The summed E-state index contributed by atoms with van der Waals surface area (Å²) in [6, 6.07) is 5.03. The van der Waals surface area contributed by atoms with Gasteiger partial charge in [-0.1, -0.05) is 36.2 Å². The third-order valence-electron chi connectivity index (χ3n) is 2.97. The summed E-state index contributed by atoms with van der Waals surface area (Å²) in [5, 5.41) is 15.9. The largest absolute Gasteiger partial charge is 0.481 e. The first-order valence-corrected chi connectivity index (χ1v) is 7.60. The van der Waals surface area contributed by atoms with Crippen LogP contribution >= 0.6 is 23.2 Å². The van der Waals surface area contributed by atoms with Crippen molar-refractivity contribution in [2.75, 3.05) is 6.54 Å². The van der Waals surface area contributed by atoms with Crippen LogP contribution < -0.4 is 5.32 Å². The van der Waals surface area contributed by atoms with Gasteiger partial charge in [0.05, 0.1) is 16.5 Å². The number of nitrogens with one attached hydrogen (secondary N) is 1. The van der Waals surface area contributed by atoms with E-state index in [4.69, 9.17) is 28.3 Å². The second-order valence-electron chi connectivity index (χ2n) is 4.59. The number of nitrogens with zero attached hydrogens (tertiary/aromatic N) is 3. The summed E-state index contributed by atoms with van der Waals surface area (Å²) < 4.78 is 1.43. The maximum Gasteiger partial charge on any atom is 0.305 e. The predicted octanol–water partition coefficient (Wildman–Crippen LogP) is 2.34. The van der Waals surface area contributed by atoms with Gasteiger partial charge >= 0.3 is 5.97 Å². The van der Waals surface area contributed by atoms with E-state index in [0.717, 1.165) is 0 Å². The second-order valence-corrected chi connectivity index (χ2v) is 5.40. The number of aliphatic carboxylic acids is 1. The highest BCUT2D eigenvalue weighted by atomic mass is 35.5. The minimum Gasteiger partial charge on any atom is -0.481 e. The molecular formula is C14H14Cl2N4O3. The van der Waals surface area contributed by atoms with Crippen molar-refractivity contribution >= 4 is 35.1 Å². The zero-order chi connectivity index (χ0) is 17.0. The van der Waals surface area contributed by atoms with Crippen molar-refractivity contribution < 1.29 is 14.7 Å². The Morgan fingerprint density at radius 3 is 2.52 bits per heavy atom. The minimum atomic E-state index is -0.999. The lowest BCUT2D eigenvalue weighted by atomic mass is 10.3. The fraction of sp³-hybridized carbons (Fsp3) is 0.286. The van der Waals surface area contributed by atoms with Crippen molar-refractivity contribution in [2.45, 2.75) is 19.8 Å². The molecule has 2 N–H and O–H groups in total. The molecule has 7 nitrogen and oxygen atoms in total. The second kappa shape index (κ2) is 7.43. The SMILES string of the molecule is CCc1nc(C(=O)NCCC(=O)O)nn1-c1c(Cl)cccc1Cl. The van der Waals surface area contributed by atoms with Crippen LogP contribution in [0.1, 0.15) is 29.8 Å². The molecule has 0 aliphatic heterocycles. The van der Waals surface area contributed by atoms with Crippen LogP contribution in [0.4, 0.5) is 0 Å². The number of carboxylic acids is 1. The average molecular weight is 357 g/mol. The molecule has 0 unspecified atom stereocenters. The highest BCUT2D eigenvalue weighted by molar-refractivity contribution is 6.37. The van der Waals surface area contributed by atoms with Gasteiger partial charge < -0.3 is 10.4 Å². The van der Waals surface area contributed by atoms with E-state index in [9.17, 15) is 9.59 Å². The minimum absolute atomic E-state index is 0.00296. The quantitative estimate of drug-likeness (QED) is 0.827. The molecule has 1 aromatic heterocycles. The summed E-state index contributed by atoms with van der Waals surface area (Å²) in [5.41, 5.74) is 0.449. The van der Waals surface area contributed by atoms with E-state index < -0.39 is 11.9 Å². The Morgan fingerprint density at radius 2 is 1.96 bits per heavy atom. The van der Waals surface area contributed by atoms with Crippen LogP contribution in [-0.2, 0) is 11.2 Å². The number of carbonyl (C=O) groups excluding carboxylic acids is 1. The first kappa shape index (κ1) is 17.2. The van der Waals surface area contributed by atoms with Gasteiger partial charge in [0.1, 0.15) is 11.5 Å². The Bertz CT molecular complexity index is 725. The van der Waals surface area contributed by atoms with Crippen molar-refractivity contribution in [2.24, 2.45) is 0 Å². The molecule has 0 bridgehead atoms. The van der Waals surface area contributed by atoms with E-state index in [2.05, 4.69) is 15.4 Å². The number of carboxylic acid groups (broad SMARTS) is 1. The molecule has 0 radical (unpaired) electrons. The molecule has 0 saturated carbocycles. The summed E-state index contributed by atoms with van der Waals surface area (Å²) in [4.78, 5) is 26.6. The smallest absolute Gasteiger partial charge is 0.305 e. The highest BCUT2D eigenvalue weighted by Crippen LogP contribution is 2.28. The van der Waals surface area contributed by atoms with Crippen LogP contribution in [0.25, 0.3) is 5.69 Å². The Morgan fingerprint density at radius 1 is 1.30 bits per heavy atom. The van der Waals surface area contributed by atoms with E-state index >= 15 is 0 Å². The summed E-state index contributed by atoms with van der Waals surface area (Å²) in [7, 11) is 0. The molecule has 0 aliphatic carbocycles. The van der Waals surface area contributed by atoms with Crippen molar-refractivity contribution in [3.63, 3.8) is 0 Å². The lowest BCUT2D eigenvalue weighted by molar-refractivity contribution is -0.136. The molecule has 2 aromatic rings. The van der Waals surface area contributed by atoms with Gasteiger partial charge in [-0.25, -0.2) is 9.67 Å². The van der Waals surface area contributed by atoms with Crippen LogP contribution in [0.5, 0.6) is 0 Å². The molecule has 1 heterocycles. The Labute approximate surface area is 142 Å². The number of aromatic nitrogens is 3. The number of rotatable bonds is 6. The summed E-state index contributed by atoms with van der Waals surface area (Å²) >= 11 is 12.3. The first-order valence-electron chi connectivity index (χ1n) is 6.84. The van der Waals surface area contributed by atoms with Crippen molar-refractivity contribution in [1.29, 1.82) is 0 Å². The van der Waals surface area contributed by atoms with Crippen molar-refractivity contribution in [3.8, 4) is 5.69 Å². The Hall–Kier alpha value is -2.12. The van der Waals surface area contributed by atoms with E-state index in [0.29, 0.717) is 28.0 Å². The van der Waals surface area contributed by atoms with Gasteiger partial charge in [0.2, 0.25) is 5.82 Å². The van der Waals surface area contributed by atoms with Gasteiger partial charge in [0.15, 0.2) is 0 Å². The third-order valence-corrected chi connectivity index (χ3v) is 3.58. The molecule has 122 valence electrons. The van der Waals surface area contributed by atoms with Gasteiger partial charge in [0.25, 0.3) is 5.91 Å². The van der Waals surface area contributed by atoms with E-state index in [1.165, 1.54) is 4.68 Å². The van der Waals surface area contributed by atoms with Gasteiger partial charge in [-0.15, -0.1) is 5.10 Å². The van der Waals surface area contributed by atoms with Gasteiger partial charge in [-0.2, -0.15) is 0 Å². The average Bonchev–Trinajstić information content (AvgIpc) is 2.90. The number of benzene rings is 1. The van der Waals surface area contributed by atoms with Crippen molar-refractivity contribution in [1.82, 2.24) is 20.1 Å². The fourth-order valence-electron chi connectivity index (χ4n) is 1.90. The maximum atomic E-state index is 12.0. The van der Waals surface area contributed by atoms with E-state index in [-0.39, 0.29) is 18.8 Å². The number of carbonyl (C=O) groups is 2. The van der Waals surface area contributed by atoms with Crippen LogP contribution in [-0.4, -0.2) is 38.3 Å². The molecule has 1 amide bonds. The number of hydrogen-bond donors (Lipinski definition) is 2. The monoisotopic (exact) mass is 356 g/mol.